The molecule has 9 aromatic rings. The maximum atomic E-state index is 13.9. The van der Waals surface area contributed by atoms with Crippen LogP contribution >= 0.6 is 0 Å². The van der Waals surface area contributed by atoms with E-state index in [9.17, 15) is 16.8 Å². The Morgan fingerprint density at radius 1 is 0.423 bits per heavy atom. The number of pyridine rings is 1. The maximum Gasteiger partial charge on any atom is 0.208 e. The first kappa shape index (κ1) is 31.9. The van der Waals surface area contributed by atoms with Crippen molar-refractivity contribution >= 4 is 63.3 Å². The van der Waals surface area contributed by atoms with Crippen LogP contribution < -0.4 is 0 Å². The van der Waals surface area contributed by atoms with Gasteiger partial charge in [-0.2, -0.15) is 0 Å². The van der Waals surface area contributed by atoms with Gasteiger partial charge in [0.05, 0.1) is 41.6 Å². The summed E-state index contributed by atoms with van der Waals surface area (Å²) < 4.78 is 59.9. The molecule has 7 nitrogen and oxygen atoms in total. The van der Waals surface area contributed by atoms with Gasteiger partial charge in [0.15, 0.2) is 0 Å². The van der Waals surface area contributed by atoms with Crippen LogP contribution in [0.4, 0.5) is 0 Å². The minimum Gasteiger partial charge on any atom is -0.309 e. The van der Waals surface area contributed by atoms with Crippen LogP contribution in [-0.4, -0.2) is 31.0 Å². The highest BCUT2D eigenvalue weighted by atomic mass is 32.2. The van der Waals surface area contributed by atoms with Crippen LogP contribution in [0.2, 0.25) is 0 Å². The number of rotatable bonds is 6. The number of nitrogens with zero attached hydrogens (tertiary/aromatic N) is 3. The molecule has 3 heterocycles. The Bertz CT molecular complexity index is 2900. The molecule has 0 amide bonds. The van der Waals surface area contributed by atoms with E-state index in [0.29, 0.717) is 0 Å². The van der Waals surface area contributed by atoms with Crippen molar-refractivity contribution < 1.29 is 16.8 Å². The fourth-order valence-electron chi connectivity index (χ4n) is 7.43. The highest BCUT2D eigenvalue weighted by Gasteiger charge is 2.25. The van der Waals surface area contributed by atoms with E-state index in [1.807, 2.05) is 36.4 Å². The van der Waals surface area contributed by atoms with Crippen LogP contribution in [0.15, 0.2) is 172 Å². The number of para-hydroxylation sites is 4. The number of aromatic nitrogens is 3. The summed E-state index contributed by atoms with van der Waals surface area (Å²) in [6.45, 7) is 4.12. The van der Waals surface area contributed by atoms with Gasteiger partial charge in [-0.05, 0) is 91.7 Å². The molecule has 0 atom stereocenters. The Balaban J connectivity index is 1.06. The summed E-state index contributed by atoms with van der Waals surface area (Å²) in [5.74, 6) is 0. The molecule has 0 aliphatic carbocycles. The zero-order valence-corrected chi connectivity index (χ0v) is 29.9. The van der Waals surface area contributed by atoms with Crippen LogP contribution in [0.1, 0.15) is 11.1 Å². The Morgan fingerprint density at radius 3 is 1.23 bits per heavy atom. The Morgan fingerprint density at radius 2 is 0.808 bits per heavy atom. The molecule has 0 bridgehead atoms. The lowest BCUT2D eigenvalue weighted by Crippen LogP contribution is -2.07. The molecular weight excluding hydrogens is 687 g/mol. The molecule has 0 saturated carbocycles. The van der Waals surface area contributed by atoms with Gasteiger partial charge in [-0.3, -0.25) is 4.98 Å². The highest BCUT2D eigenvalue weighted by Crippen LogP contribution is 2.36. The van der Waals surface area contributed by atoms with E-state index in [1.165, 1.54) is 18.5 Å². The quantitative estimate of drug-likeness (QED) is 0.171. The van der Waals surface area contributed by atoms with E-state index in [1.54, 1.807) is 48.5 Å². The number of aryl methyl sites for hydroxylation is 2. The molecule has 0 unspecified atom stereocenters. The monoisotopic (exact) mass is 717 g/mol. The molecule has 9 rings (SSSR count). The zero-order chi connectivity index (χ0) is 35.8. The molecule has 0 spiro atoms. The van der Waals surface area contributed by atoms with Crippen LogP contribution in [0.5, 0.6) is 0 Å². The van der Waals surface area contributed by atoms with Crippen LogP contribution in [0.3, 0.4) is 0 Å². The Hall–Kier alpha value is -6.03. The lowest BCUT2D eigenvalue weighted by Gasteiger charge is -2.12. The average Bonchev–Trinajstić information content (AvgIpc) is 3.70. The third kappa shape index (κ3) is 4.81. The van der Waals surface area contributed by atoms with Crippen LogP contribution in [0, 0.1) is 13.8 Å². The Kier molecular flexibility index (Phi) is 7.22. The second kappa shape index (κ2) is 11.8. The highest BCUT2D eigenvalue weighted by molar-refractivity contribution is 7.92. The van der Waals surface area contributed by atoms with Gasteiger partial charge in [0.2, 0.25) is 19.7 Å². The molecule has 52 heavy (non-hydrogen) atoms. The predicted molar refractivity (Wildman–Crippen MR) is 206 cm³/mol. The van der Waals surface area contributed by atoms with E-state index >= 15 is 0 Å². The largest absolute Gasteiger partial charge is 0.309 e. The van der Waals surface area contributed by atoms with Gasteiger partial charge in [0.25, 0.3) is 0 Å². The summed E-state index contributed by atoms with van der Waals surface area (Å²) in [4.78, 5) is 3.75. The third-order valence-corrected chi connectivity index (χ3v) is 13.4. The molecule has 6 aromatic carbocycles. The second-order valence-corrected chi connectivity index (χ2v) is 16.9. The lowest BCUT2D eigenvalue weighted by atomic mass is 10.1. The molecule has 254 valence electrons. The van der Waals surface area contributed by atoms with Crippen molar-refractivity contribution in [3.8, 4) is 11.4 Å². The number of fused-ring (bicyclic) bond motifs is 6. The molecule has 0 saturated heterocycles. The third-order valence-electron chi connectivity index (χ3n) is 9.91. The number of hydrogen-bond donors (Lipinski definition) is 0. The van der Waals surface area contributed by atoms with E-state index in [-0.39, 0.29) is 19.6 Å². The minimum absolute atomic E-state index is 0.0379. The van der Waals surface area contributed by atoms with Crippen LogP contribution in [0.25, 0.3) is 55.0 Å². The molecule has 0 fully saturated rings. The maximum absolute atomic E-state index is 13.9. The molecule has 0 N–H and O–H groups in total. The van der Waals surface area contributed by atoms with Crippen molar-refractivity contribution in [1.82, 2.24) is 14.1 Å². The number of hydrogen-bond acceptors (Lipinski definition) is 5. The standard InChI is InChI=1S/C43H31N3O4S2/c1-28-9-7-13-38-36-11-3-5-15-40(36)45(42(28)38)30-17-21-32(22-18-30)51(47,48)34-25-35(27-44-26-34)52(49,50)33-23-19-31(20-24-33)46-41-16-6-4-12-37(41)39-14-8-10-29(2)43(39)46/h3-27H,1-2H3. The second-order valence-electron chi connectivity index (χ2n) is 13.0. The van der Waals surface area contributed by atoms with E-state index in [2.05, 4.69) is 76.5 Å². The van der Waals surface area contributed by atoms with E-state index in [4.69, 9.17) is 0 Å². The van der Waals surface area contributed by atoms with Gasteiger partial charge in [-0.25, -0.2) is 16.8 Å². The van der Waals surface area contributed by atoms with Crippen molar-refractivity contribution in [1.29, 1.82) is 0 Å². The molecule has 0 radical (unpaired) electrons. The summed E-state index contributed by atoms with van der Waals surface area (Å²) in [7, 11) is -8.21. The number of benzene rings is 6. The summed E-state index contributed by atoms with van der Waals surface area (Å²) in [5.41, 5.74) is 7.98. The fourth-order valence-corrected chi connectivity index (χ4v) is 10.0. The summed E-state index contributed by atoms with van der Waals surface area (Å²) in [6, 6.07) is 43.2. The number of sulfone groups is 2. The molecule has 0 aliphatic heterocycles. The van der Waals surface area contributed by atoms with Gasteiger partial charge in [0, 0.05) is 45.3 Å². The van der Waals surface area contributed by atoms with Gasteiger partial charge >= 0.3 is 0 Å². The average molecular weight is 718 g/mol. The first-order chi connectivity index (χ1) is 25.1. The Labute approximate surface area is 300 Å². The van der Waals surface area contributed by atoms with Crippen LogP contribution in [-0.2, 0) is 19.7 Å². The van der Waals surface area contributed by atoms with Crippen molar-refractivity contribution in [3.63, 3.8) is 0 Å². The molecular formula is C43H31N3O4S2. The van der Waals surface area contributed by atoms with Gasteiger partial charge in [0.1, 0.15) is 0 Å². The first-order valence-electron chi connectivity index (χ1n) is 16.8. The topological polar surface area (TPSA) is 91.0 Å². The van der Waals surface area contributed by atoms with Gasteiger partial charge in [-0.15, -0.1) is 0 Å². The predicted octanol–water partition coefficient (Wildman–Crippen LogP) is 9.56. The SMILES string of the molecule is Cc1cccc2c3ccccc3n(-c3ccc(S(=O)(=O)c4cncc(S(=O)(=O)c5ccc(-n6c7ccccc7c7cccc(C)c76)cc5)c4)cc3)c12. The van der Waals surface area contributed by atoms with Gasteiger partial charge < -0.3 is 9.13 Å². The van der Waals surface area contributed by atoms with Gasteiger partial charge in [-0.1, -0.05) is 72.8 Å². The zero-order valence-electron chi connectivity index (χ0n) is 28.2. The molecule has 3 aromatic heterocycles. The molecule has 0 aliphatic rings. The summed E-state index contributed by atoms with van der Waals surface area (Å²) in [5, 5.41) is 4.46. The molecule has 9 heteroatoms. The fraction of sp³-hybridized carbons (Fsp3) is 0.0465. The summed E-state index contributed by atoms with van der Waals surface area (Å²) >= 11 is 0. The van der Waals surface area contributed by atoms with Crippen molar-refractivity contribution in [3.05, 3.63) is 163 Å². The van der Waals surface area contributed by atoms with Crippen molar-refractivity contribution in [2.75, 3.05) is 0 Å². The lowest BCUT2D eigenvalue weighted by molar-refractivity contribution is 0.593. The normalized spacial score (nSPS) is 12.3. The summed E-state index contributed by atoms with van der Waals surface area (Å²) in [6.07, 6.45) is 2.37. The van der Waals surface area contributed by atoms with Crippen molar-refractivity contribution in [2.24, 2.45) is 0 Å². The smallest absolute Gasteiger partial charge is 0.208 e. The van der Waals surface area contributed by atoms with E-state index < -0.39 is 19.7 Å². The minimum atomic E-state index is -4.10. The van der Waals surface area contributed by atoms with E-state index in [0.717, 1.165) is 66.1 Å². The first-order valence-corrected chi connectivity index (χ1v) is 19.7. The van der Waals surface area contributed by atoms with Crippen molar-refractivity contribution in [2.45, 2.75) is 33.4 Å².